The van der Waals surface area contributed by atoms with Crippen LogP contribution < -0.4 is 5.32 Å². The van der Waals surface area contributed by atoms with E-state index in [0.29, 0.717) is 0 Å². The molecular weight excluding hydrogens is 256 g/mol. The van der Waals surface area contributed by atoms with E-state index >= 15 is 0 Å². The van der Waals surface area contributed by atoms with Crippen LogP contribution in [0.4, 0.5) is 0 Å². The van der Waals surface area contributed by atoms with E-state index in [2.05, 4.69) is 46.6 Å². The van der Waals surface area contributed by atoms with Crippen molar-refractivity contribution in [1.29, 1.82) is 0 Å². The standard InChI is InChI=1S/C14H20N4S/c1-4-19-12-7-5-11(6-8-12)13(15-2)9-14-16-10-17-18(14)3/h5-8,10,13,15H,4,9H2,1-3H3. The molecule has 0 aliphatic carbocycles. The molecule has 1 atom stereocenters. The molecule has 0 spiro atoms. The number of benzene rings is 1. The summed E-state index contributed by atoms with van der Waals surface area (Å²) in [4.78, 5) is 5.60. The van der Waals surface area contributed by atoms with Crippen molar-refractivity contribution in [2.75, 3.05) is 12.8 Å². The third kappa shape index (κ3) is 3.58. The zero-order valence-corrected chi connectivity index (χ0v) is 12.4. The van der Waals surface area contributed by atoms with E-state index in [4.69, 9.17) is 0 Å². The summed E-state index contributed by atoms with van der Waals surface area (Å²) >= 11 is 1.86. The Bertz CT molecular complexity index is 506. The lowest BCUT2D eigenvalue weighted by Crippen LogP contribution is -2.20. The second kappa shape index (κ2) is 6.73. The molecule has 5 heteroatoms. The van der Waals surface area contributed by atoms with Gasteiger partial charge < -0.3 is 5.32 Å². The molecule has 0 amide bonds. The Kier molecular flexibility index (Phi) is 4.99. The summed E-state index contributed by atoms with van der Waals surface area (Å²) in [7, 11) is 3.91. The number of thioether (sulfide) groups is 1. The van der Waals surface area contributed by atoms with E-state index in [1.54, 1.807) is 6.33 Å². The lowest BCUT2D eigenvalue weighted by molar-refractivity contribution is 0.553. The minimum atomic E-state index is 0.267. The van der Waals surface area contributed by atoms with Crippen LogP contribution in [-0.2, 0) is 13.5 Å². The van der Waals surface area contributed by atoms with Crippen molar-refractivity contribution < 1.29 is 0 Å². The topological polar surface area (TPSA) is 42.7 Å². The molecule has 2 aromatic rings. The SMILES string of the molecule is CCSc1ccc(C(Cc2ncnn2C)NC)cc1. The van der Waals surface area contributed by atoms with Crippen LogP contribution in [0.1, 0.15) is 24.4 Å². The van der Waals surface area contributed by atoms with Gasteiger partial charge in [0.2, 0.25) is 0 Å². The van der Waals surface area contributed by atoms with Gasteiger partial charge in [0.1, 0.15) is 12.2 Å². The number of hydrogen-bond donors (Lipinski definition) is 1. The molecule has 0 bridgehead atoms. The van der Waals surface area contributed by atoms with Crippen LogP contribution in [0.15, 0.2) is 35.5 Å². The number of aryl methyl sites for hydroxylation is 1. The molecule has 102 valence electrons. The Labute approximate surface area is 118 Å². The fourth-order valence-corrected chi connectivity index (χ4v) is 2.70. The largest absolute Gasteiger partial charge is 0.313 e. The molecule has 1 N–H and O–H groups in total. The first kappa shape index (κ1) is 14.1. The average molecular weight is 276 g/mol. The Morgan fingerprint density at radius 1 is 1.32 bits per heavy atom. The highest BCUT2D eigenvalue weighted by Gasteiger charge is 2.13. The zero-order valence-electron chi connectivity index (χ0n) is 11.6. The van der Waals surface area contributed by atoms with Gasteiger partial charge in [0.25, 0.3) is 0 Å². The number of nitrogens with zero attached hydrogens (tertiary/aromatic N) is 3. The van der Waals surface area contributed by atoms with Crippen molar-refractivity contribution in [3.05, 3.63) is 42.0 Å². The molecule has 0 aliphatic rings. The first-order valence-electron chi connectivity index (χ1n) is 6.47. The first-order valence-corrected chi connectivity index (χ1v) is 7.46. The fraction of sp³-hybridized carbons (Fsp3) is 0.429. The molecule has 1 heterocycles. The third-order valence-electron chi connectivity index (χ3n) is 3.13. The predicted octanol–water partition coefficient (Wildman–Crippen LogP) is 2.43. The maximum absolute atomic E-state index is 4.28. The highest BCUT2D eigenvalue weighted by molar-refractivity contribution is 7.99. The van der Waals surface area contributed by atoms with Gasteiger partial charge in [-0.1, -0.05) is 19.1 Å². The minimum Gasteiger partial charge on any atom is -0.313 e. The van der Waals surface area contributed by atoms with Crippen LogP contribution >= 0.6 is 11.8 Å². The van der Waals surface area contributed by atoms with Gasteiger partial charge in [-0.3, -0.25) is 4.68 Å². The first-order chi connectivity index (χ1) is 9.24. The van der Waals surface area contributed by atoms with Crippen molar-refractivity contribution in [3.8, 4) is 0 Å². The molecule has 1 aromatic heterocycles. The third-order valence-corrected chi connectivity index (χ3v) is 4.03. The van der Waals surface area contributed by atoms with Crippen LogP contribution in [0, 0.1) is 0 Å². The maximum atomic E-state index is 4.28. The van der Waals surface area contributed by atoms with Crippen molar-refractivity contribution in [1.82, 2.24) is 20.1 Å². The summed E-state index contributed by atoms with van der Waals surface area (Å²) in [6.07, 6.45) is 2.44. The number of rotatable bonds is 6. The predicted molar refractivity (Wildman–Crippen MR) is 79.3 cm³/mol. The van der Waals surface area contributed by atoms with Gasteiger partial charge >= 0.3 is 0 Å². The molecule has 19 heavy (non-hydrogen) atoms. The molecule has 4 nitrogen and oxygen atoms in total. The van der Waals surface area contributed by atoms with Gasteiger partial charge in [-0.15, -0.1) is 11.8 Å². The zero-order chi connectivity index (χ0) is 13.7. The lowest BCUT2D eigenvalue weighted by Gasteiger charge is -2.16. The summed E-state index contributed by atoms with van der Waals surface area (Å²) < 4.78 is 1.83. The summed E-state index contributed by atoms with van der Waals surface area (Å²) in [6.45, 7) is 2.17. The summed E-state index contributed by atoms with van der Waals surface area (Å²) in [5.41, 5.74) is 1.28. The number of aromatic nitrogens is 3. The quantitative estimate of drug-likeness (QED) is 0.823. The monoisotopic (exact) mass is 276 g/mol. The van der Waals surface area contributed by atoms with Crippen molar-refractivity contribution in [2.24, 2.45) is 7.05 Å². The van der Waals surface area contributed by atoms with E-state index in [-0.39, 0.29) is 6.04 Å². The summed E-state index contributed by atoms with van der Waals surface area (Å²) in [5, 5.41) is 7.46. The van der Waals surface area contributed by atoms with Gasteiger partial charge in [0, 0.05) is 24.4 Å². The van der Waals surface area contributed by atoms with Crippen LogP contribution in [0.25, 0.3) is 0 Å². The molecule has 0 saturated heterocycles. The van der Waals surface area contributed by atoms with Gasteiger partial charge in [-0.25, -0.2) is 4.98 Å². The Morgan fingerprint density at radius 3 is 2.58 bits per heavy atom. The molecule has 2 rings (SSSR count). The van der Waals surface area contributed by atoms with Crippen molar-refractivity contribution >= 4 is 11.8 Å². The normalized spacial score (nSPS) is 12.6. The van der Waals surface area contributed by atoms with E-state index in [9.17, 15) is 0 Å². The second-order valence-corrected chi connectivity index (χ2v) is 5.68. The van der Waals surface area contributed by atoms with Crippen molar-refractivity contribution in [2.45, 2.75) is 24.3 Å². The van der Waals surface area contributed by atoms with Gasteiger partial charge in [0.05, 0.1) is 0 Å². The van der Waals surface area contributed by atoms with Crippen LogP contribution in [0.5, 0.6) is 0 Å². The van der Waals surface area contributed by atoms with E-state index < -0.39 is 0 Å². The summed E-state index contributed by atoms with van der Waals surface area (Å²) in [5.74, 6) is 2.10. The molecule has 1 aromatic carbocycles. The number of likely N-dealkylation sites (N-methyl/N-ethyl adjacent to an activating group) is 1. The maximum Gasteiger partial charge on any atom is 0.138 e. The number of hydrogen-bond acceptors (Lipinski definition) is 4. The van der Waals surface area contributed by atoms with E-state index in [0.717, 1.165) is 18.0 Å². The smallest absolute Gasteiger partial charge is 0.138 e. The Morgan fingerprint density at radius 2 is 2.05 bits per heavy atom. The van der Waals surface area contributed by atoms with Crippen molar-refractivity contribution in [3.63, 3.8) is 0 Å². The second-order valence-electron chi connectivity index (χ2n) is 4.35. The van der Waals surface area contributed by atoms with E-state index in [1.165, 1.54) is 10.5 Å². The molecule has 1 unspecified atom stereocenters. The van der Waals surface area contributed by atoms with Crippen LogP contribution in [0.3, 0.4) is 0 Å². The molecule has 0 radical (unpaired) electrons. The molecule has 0 fully saturated rings. The Balaban J connectivity index is 2.11. The molecular formula is C14H20N4S. The van der Waals surface area contributed by atoms with Crippen LogP contribution in [-0.4, -0.2) is 27.6 Å². The van der Waals surface area contributed by atoms with E-state index in [1.807, 2.05) is 30.5 Å². The fourth-order valence-electron chi connectivity index (χ4n) is 2.04. The average Bonchev–Trinajstić information content (AvgIpc) is 2.83. The minimum absolute atomic E-state index is 0.267. The highest BCUT2D eigenvalue weighted by atomic mass is 32.2. The molecule has 0 aliphatic heterocycles. The van der Waals surface area contributed by atoms with Crippen LogP contribution in [0.2, 0.25) is 0 Å². The van der Waals surface area contributed by atoms with Gasteiger partial charge in [0.15, 0.2) is 0 Å². The Hall–Kier alpha value is -1.33. The van der Waals surface area contributed by atoms with Gasteiger partial charge in [-0.2, -0.15) is 5.10 Å². The van der Waals surface area contributed by atoms with Gasteiger partial charge in [-0.05, 0) is 30.5 Å². The number of nitrogens with one attached hydrogen (secondary N) is 1. The lowest BCUT2D eigenvalue weighted by atomic mass is 10.0. The highest BCUT2D eigenvalue weighted by Crippen LogP contribution is 2.22. The summed E-state index contributed by atoms with van der Waals surface area (Å²) in [6, 6.07) is 9.02. The molecule has 0 saturated carbocycles.